The van der Waals surface area contributed by atoms with Crippen molar-refractivity contribution in [2.75, 3.05) is 6.54 Å². The predicted octanol–water partition coefficient (Wildman–Crippen LogP) is 5.17. The van der Waals surface area contributed by atoms with E-state index in [-0.39, 0.29) is 12.0 Å². The Morgan fingerprint density at radius 2 is 2.04 bits per heavy atom. The van der Waals surface area contributed by atoms with Gasteiger partial charge in [-0.1, -0.05) is 30.2 Å². The van der Waals surface area contributed by atoms with Crippen LogP contribution in [0.15, 0.2) is 36.5 Å². The Labute approximate surface area is 154 Å². The molecule has 130 valence electrons. The van der Waals surface area contributed by atoms with E-state index in [0.717, 1.165) is 43.5 Å². The average Bonchev–Trinajstić information content (AvgIpc) is 3.02. The summed E-state index contributed by atoms with van der Waals surface area (Å²) in [6.45, 7) is 3.00. The number of likely N-dealkylation sites (tertiary alicyclic amines) is 1. The maximum absolute atomic E-state index is 12.7. The van der Waals surface area contributed by atoms with Gasteiger partial charge in [0.05, 0.1) is 11.7 Å². The molecule has 0 radical (unpaired) electrons. The third-order valence-corrected chi connectivity index (χ3v) is 5.86. The molecule has 1 saturated carbocycles. The molecule has 1 amide bonds. The smallest absolute Gasteiger partial charge is 0.226 e. The number of aromatic nitrogens is 1. The monoisotopic (exact) mass is 354 g/mol. The van der Waals surface area contributed by atoms with Crippen LogP contribution < -0.4 is 0 Å². The van der Waals surface area contributed by atoms with Gasteiger partial charge in [-0.3, -0.25) is 9.78 Å². The van der Waals surface area contributed by atoms with Crippen molar-refractivity contribution in [3.63, 3.8) is 0 Å². The summed E-state index contributed by atoms with van der Waals surface area (Å²) in [5, 5.41) is 0.717. The minimum atomic E-state index is 0.189. The van der Waals surface area contributed by atoms with E-state index in [2.05, 4.69) is 22.9 Å². The number of nitrogens with zero attached hydrogens (tertiary/aromatic N) is 2. The zero-order chi connectivity index (χ0) is 17.4. The maximum atomic E-state index is 12.7. The van der Waals surface area contributed by atoms with E-state index in [1.54, 1.807) is 0 Å². The summed E-state index contributed by atoms with van der Waals surface area (Å²) in [6, 6.07) is 10.1. The molecule has 1 aliphatic carbocycles. The first-order valence-electron chi connectivity index (χ1n) is 9.16. The first-order valence-corrected chi connectivity index (χ1v) is 9.54. The predicted molar refractivity (Wildman–Crippen MR) is 100 cm³/mol. The van der Waals surface area contributed by atoms with Gasteiger partial charge in [0.1, 0.15) is 0 Å². The summed E-state index contributed by atoms with van der Waals surface area (Å²) in [7, 11) is 0. The van der Waals surface area contributed by atoms with Gasteiger partial charge in [0.2, 0.25) is 5.91 Å². The number of amides is 1. The fourth-order valence-corrected chi connectivity index (χ4v) is 4.15. The fraction of sp³-hybridized carbons (Fsp3) is 0.429. The Morgan fingerprint density at radius 3 is 2.72 bits per heavy atom. The van der Waals surface area contributed by atoms with Crippen LogP contribution in [0.5, 0.6) is 0 Å². The van der Waals surface area contributed by atoms with E-state index >= 15 is 0 Å². The van der Waals surface area contributed by atoms with Crippen LogP contribution in [0.4, 0.5) is 0 Å². The van der Waals surface area contributed by atoms with E-state index in [4.69, 9.17) is 11.6 Å². The van der Waals surface area contributed by atoms with Crippen LogP contribution in [0.3, 0.4) is 0 Å². The fourth-order valence-electron chi connectivity index (χ4n) is 3.96. The molecule has 0 bridgehead atoms. The minimum absolute atomic E-state index is 0.189. The highest BCUT2D eigenvalue weighted by atomic mass is 35.5. The molecule has 1 unspecified atom stereocenters. The third-order valence-electron chi connectivity index (χ3n) is 5.62. The van der Waals surface area contributed by atoms with Crippen molar-refractivity contribution in [2.24, 2.45) is 5.92 Å². The van der Waals surface area contributed by atoms with Crippen molar-refractivity contribution < 1.29 is 4.79 Å². The van der Waals surface area contributed by atoms with Crippen molar-refractivity contribution in [3.05, 3.63) is 52.7 Å². The van der Waals surface area contributed by atoms with Crippen molar-refractivity contribution in [3.8, 4) is 11.3 Å². The van der Waals surface area contributed by atoms with Gasteiger partial charge < -0.3 is 4.90 Å². The van der Waals surface area contributed by atoms with E-state index in [9.17, 15) is 4.79 Å². The Hall–Kier alpha value is -1.87. The lowest BCUT2D eigenvalue weighted by molar-refractivity contribution is -0.139. The number of carbonyl (C=O) groups is 1. The van der Waals surface area contributed by atoms with Gasteiger partial charge in [-0.15, -0.1) is 0 Å². The lowest BCUT2D eigenvalue weighted by Gasteiger charge is -2.33. The molecule has 1 atom stereocenters. The Balaban J connectivity index is 1.61. The van der Waals surface area contributed by atoms with Gasteiger partial charge in [0.15, 0.2) is 0 Å². The number of carbonyl (C=O) groups excluding carboxylic acids is 1. The molecular weight excluding hydrogens is 332 g/mol. The van der Waals surface area contributed by atoms with Crippen LogP contribution in [0, 0.1) is 12.8 Å². The van der Waals surface area contributed by atoms with E-state index < -0.39 is 0 Å². The highest BCUT2D eigenvalue weighted by Crippen LogP contribution is 2.38. The lowest BCUT2D eigenvalue weighted by Crippen LogP contribution is -2.38. The summed E-state index contributed by atoms with van der Waals surface area (Å²) in [5.74, 6) is 0.617. The second kappa shape index (κ2) is 6.80. The summed E-state index contributed by atoms with van der Waals surface area (Å²) >= 11 is 6.10. The number of hydrogen-bond donors (Lipinski definition) is 0. The highest BCUT2D eigenvalue weighted by Gasteiger charge is 2.36. The molecule has 4 heteroatoms. The topological polar surface area (TPSA) is 33.2 Å². The van der Waals surface area contributed by atoms with Crippen LogP contribution >= 0.6 is 11.6 Å². The van der Waals surface area contributed by atoms with Crippen LogP contribution in [-0.2, 0) is 4.79 Å². The molecular formula is C21H23ClN2O. The Morgan fingerprint density at radius 1 is 1.20 bits per heavy atom. The summed E-state index contributed by atoms with van der Waals surface area (Å²) < 4.78 is 0. The zero-order valence-corrected chi connectivity index (χ0v) is 15.3. The molecule has 1 saturated heterocycles. The molecule has 0 spiro atoms. The van der Waals surface area contributed by atoms with E-state index in [1.807, 2.05) is 30.5 Å². The maximum Gasteiger partial charge on any atom is 0.226 e. The van der Waals surface area contributed by atoms with Gasteiger partial charge in [0.25, 0.3) is 0 Å². The van der Waals surface area contributed by atoms with Crippen LogP contribution in [0.1, 0.15) is 49.3 Å². The van der Waals surface area contributed by atoms with Crippen molar-refractivity contribution in [2.45, 2.75) is 45.1 Å². The summed E-state index contributed by atoms with van der Waals surface area (Å²) in [4.78, 5) is 19.5. The van der Waals surface area contributed by atoms with Crippen molar-refractivity contribution in [1.82, 2.24) is 9.88 Å². The van der Waals surface area contributed by atoms with Gasteiger partial charge in [-0.25, -0.2) is 0 Å². The van der Waals surface area contributed by atoms with Gasteiger partial charge >= 0.3 is 0 Å². The van der Waals surface area contributed by atoms with Crippen molar-refractivity contribution in [1.29, 1.82) is 0 Å². The summed E-state index contributed by atoms with van der Waals surface area (Å²) in [6.07, 6.45) is 7.41. The zero-order valence-electron chi connectivity index (χ0n) is 14.5. The second-order valence-electron chi connectivity index (χ2n) is 7.25. The molecule has 2 fully saturated rings. The van der Waals surface area contributed by atoms with Crippen LogP contribution in [0.25, 0.3) is 11.3 Å². The molecule has 1 aliphatic heterocycles. The standard InChI is InChI=1S/C21H23ClN2O/c1-14-11-19(16-7-3-8-17(22)12-16)23-13-18(14)20-9-4-10-24(20)21(25)15-5-2-6-15/h3,7-8,11-13,15,20H,2,4-6,9-10H2,1H3. The average molecular weight is 355 g/mol. The largest absolute Gasteiger partial charge is 0.335 e. The normalized spacial score (nSPS) is 20.6. The number of halogens is 1. The highest BCUT2D eigenvalue weighted by molar-refractivity contribution is 6.30. The molecule has 1 aromatic heterocycles. The molecule has 0 N–H and O–H groups in total. The third kappa shape index (κ3) is 3.18. The number of aryl methyl sites for hydroxylation is 1. The number of hydrogen-bond acceptors (Lipinski definition) is 2. The number of rotatable bonds is 3. The molecule has 1 aromatic carbocycles. The Bertz CT molecular complexity index is 800. The van der Waals surface area contributed by atoms with Crippen LogP contribution in [0.2, 0.25) is 5.02 Å². The summed E-state index contributed by atoms with van der Waals surface area (Å²) in [5.41, 5.74) is 4.34. The quantitative estimate of drug-likeness (QED) is 0.761. The van der Waals surface area contributed by atoms with Gasteiger partial charge in [-0.2, -0.15) is 0 Å². The first-order chi connectivity index (χ1) is 12.1. The van der Waals surface area contributed by atoms with Gasteiger partial charge in [-0.05, 0) is 61.9 Å². The minimum Gasteiger partial charge on any atom is -0.335 e. The molecule has 4 rings (SSSR count). The first kappa shape index (κ1) is 16.6. The van der Waals surface area contributed by atoms with Crippen molar-refractivity contribution >= 4 is 17.5 Å². The molecule has 2 heterocycles. The SMILES string of the molecule is Cc1cc(-c2cccc(Cl)c2)ncc1C1CCCN1C(=O)C1CCC1. The van der Waals surface area contributed by atoms with E-state index in [1.165, 1.54) is 17.5 Å². The van der Waals surface area contributed by atoms with E-state index in [0.29, 0.717) is 10.9 Å². The second-order valence-corrected chi connectivity index (χ2v) is 7.69. The number of benzene rings is 1. The molecule has 2 aromatic rings. The molecule has 2 aliphatic rings. The molecule has 3 nitrogen and oxygen atoms in total. The lowest BCUT2D eigenvalue weighted by atomic mass is 9.84. The molecule has 25 heavy (non-hydrogen) atoms. The van der Waals surface area contributed by atoms with Crippen LogP contribution in [-0.4, -0.2) is 22.3 Å². The van der Waals surface area contributed by atoms with Gasteiger partial charge in [0, 0.05) is 29.2 Å². The number of pyridine rings is 1. The Kier molecular flexibility index (Phi) is 4.51.